The fraction of sp³-hybridized carbons (Fsp3) is 0.400. The number of anilines is 1. The third-order valence-corrected chi connectivity index (χ3v) is 4.17. The first-order chi connectivity index (χ1) is 10.4. The maximum absolute atomic E-state index is 13.6. The summed E-state index contributed by atoms with van der Waals surface area (Å²) >= 11 is 1.36. The molecule has 2 aromatic rings. The Morgan fingerprint density at radius 1 is 1.32 bits per heavy atom. The van der Waals surface area contributed by atoms with Gasteiger partial charge >= 0.3 is 0 Å². The molecule has 0 aliphatic heterocycles. The Hall–Kier alpha value is -2.02. The summed E-state index contributed by atoms with van der Waals surface area (Å²) in [6, 6.07) is 6.62. The third-order valence-electron chi connectivity index (χ3n) is 3.29. The van der Waals surface area contributed by atoms with Crippen LogP contribution in [-0.4, -0.2) is 29.7 Å². The topological polar surface area (TPSA) is 66.9 Å². The summed E-state index contributed by atoms with van der Waals surface area (Å²) in [7, 11) is 1.61. The summed E-state index contributed by atoms with van der Waals surface area (Å²) < 4.78 is 13.6. The number of carbonyl (C=O) groups is 1. The standard InChI is InChI=1S/C15H19FN4OS/c1-15(2,13(21)17-3)9-18-14-20-19-12(22-14)8-10-6-4-5-7-11(10)16/h4-7H,8-9H2,1-3H3,(H,17,21)(H,18,20). The number of benzene rings is 1. The van der Waals surface area contributed by atoms with Gasteiger partial charge in [-0.3, -0.25) is 4.79 Å². The minimum absolute atomic E-state index is 0.0453. The van der Waals surface area contributed by atoms with Crippen LogP contribution in [0.5, 0.6) is 0 Å². The van der Waals surface area contributed by atoms with Crippen molar-refractivity contribution in [1.29, 1.82) is 0 Å². The van der Waals surface area contributed by atoms with E-state index in [4.69, 9.17) is 0 Å². The molecule has 0 aliphatic rings. The van der Waals surface area contributed by atoms with Gasteiger partial charge in [-0.05, 0) is 25.5 Å². The first-order valence-corrected chi connectivity index (χ1v) is 7.76. The first kappa shape index (κ1) is 16.4. The monoisotopic (exact) mass is 322 g/mol. The molecule has 2 rings (SSSR count). The summed E-state index contributed by atoms with van der Waals surface area (Å²) in [4.78, 5) is 11.7. The molecule has 0 bridgehead atoms. The van der Waals surface area contributed by atoms with Crippen molar-refractivity contribution in [2.75, 3.05) is 18.9 Å². The zero-order valence-corrected chi connectivity index (χ0v) is 13.6. The molecule has 0 atom stereocenters. The molecule has 0 radical (unpaired) electrons. The number of halogens is 1. The number of hydrogen-bond donors (Lipinski definition) is 2. The highest BCUT2D eigenvalue weighted by atomic mass is 32.1. The van der Waals surface area contributed by atoms with Gasteiger partial charge in [-0.2, -0.15) is 0 Å². The molecule has 1 heterocycles. The minimum atomic E-state index is -0.549. The summed E-state index contributed by atoms with van der Waals surface area (Å²) in [6.07, 6.45) is 0.408. The smallest absolute Gasteiger partial charge is 0.227 e. The molecule has 1 amide bonds. The van der Waals surface area contributed by atoms with Crippen LogP contribution in [0.15, 0.2) is 24.3 Å². The summed E-state index contributed by atoms with van der Waals surface area (Å²) in [5.74, 6) is -0.288. The second-order valence-corrected chi connectivity index (χ2v) is 6.65. The van der Waals surface area contributed by atoms with Crippen molar-refractivity contribution >= 4 is 22.4 Å². The zero-order valence-electron chi connectivity index (χ0n) is 12.8. The Balaban J connectivity index is 1.97. The highest BCUT2D eigenvalue weighted by Crippen LogP contribution is 2.22. The van der Waals surface area contributed by atoms with Gasteiger partial charge in [-0.15, -0.1) is 10.2 Å². The molecule has 0 fully saturated rings. The van der Waals surface area contributed by atoms with Crippen LogP contribution in [-0.2, 0) is 11.2 Å². The van der Waals surface area contributed by atoms with E-state index in [0.717, 1.165) is 5.01 Å². The van der Waals surface area contributed by atoms with Crippen LogP contribution in [0.3, 0.4) is 0 Å². The van der Waals surface area contributed by atoms with E-state index in [2.05, 4.69) is 20.8 Å². The lowest BCUT2D eigenvalue weighted by Gasteiger charge is -2.22. The van der Waals surface area contributed by atoms with E-state index in [9.17, 15) is 9.18 Å². The molecule has 0 saturated carbocycles. The Bertz CT molecular complexity index is 656. The Morgan fingerprint density at radius 3 is 2.73 bits per heavy atom. The van der Waals surface area contributed by atoms with Crippen molar-refractivity contribution in [3.8, 4) is 0 Å². The molecule has 118 valence electrons. The molecular formula is C15H19FN4OS. The lowest BCUT2D eigenvalue weighted by Crippen LogP contribution is -2.39. The maximum atomic E-state index is 13.6. The Labute approximate surface area is 133 Å². The SMILES string of the molecule is CNC(=O)C(C)(C)CNc1nnc(Cc2ccccc2F)s1. The number of carbonyl (C=O) groups excluding carboxylic acids is 1. The quantitative estimate of drug-likeness (QED) is 0.857. The number of rotatable bonds is 6. The van der Waals surface area contributed by atoms with Crippen LogP contribution in [0.4, 0.5) is 9.52 Å². The van der Waals surface area contributed by atoms with Crippen molar-refractivity contribution in [2.45, 2.75) is 20.3 Å². The molecule has 2 N–H and O–H groups in total. The molecule has 0 spiro atoms. The van der Waals surface area contributed by atoms with Crippen LogP contribution in [0, 0.1) is 11.2 Å². The van der Waals surface area contributed by atoms with Crippen molar-refractivity contribution < 1.29 is 9.18 Å². The minimum Gasteiger partial charge on any atom is -0.359 e. The van der Waals surface area contributed by atoms with Crippen LogP contribution in [0.2, 0.25) is 0 Å². The molecule has 0 saturated heterocycles. The van der Waals surface area contributed by atoms with E-state index in [1.807, 2.05) is 13.8 Å². The molecule has 1 aromatic carbocycles. The van der Waals surface area contributed by atoms with Crippen molar-refractivity contribution in [2.24, 2.45) is 5.41 Å². The molecule has 1 aromatic heterocycles. The van der Waals surface area contributed by atoms with E-state index in [-0.39, 0.29) is 11.7 Å². The van der Waals surface area contributed by atoms with Gasteiger partial charge in [0.25, 0.3) is 0 Å². The fourth-order valence-corrected chi connectivity index (χ4v) is 2.67. The van der Waals surface area contributed by atoms with Gasteiger partial charge in [0.05, 0.1) is 5.41 Å². The molecule has 5 nitrogen and oxygen atoms in total. The van der Waals surface area contributed by atoms with Gasteiger partial charge in [0, 0.05) is 20.0 Å². The predicted molar refractivity (Wildman–Crippen MR) is 85.5 cm³/mol. The second-order valence-electron chi connectivity index (χ2n) is 5.59. The van der Waals surface area contributed by atoms with Crippen molar-refractivity contribution in [3.05, 3.63) is 40.7 Å². The lowest BCUT2D eigenvalue weighted by atomic mass is 9.92. The summed E-state index contributed by atoms with van der Waals surface area (Å²) in [5.41, 5.74) is 0.0439. The number of amides is 1. The molecular weight excluding hydrogens is 303 g/mol. The second kappa shape index (κ2) is 6.83. The van der Waals surface area contributed by atoms with E-state index in [1.165, 1.54) is 17.4 Å². The van der Waals surface area contributed by atoms with Crippen LogP contribution in [0.25, 0.3) is 0 Å². The Morgan fingerprint density at radius 2 is 2.05 bits per heavy atom. The van der Waals surface area contributed by atoms with Crippen molar-refractivity contribution in [1.82, 2.24) is 15.5 Å². The van der Waals surface area contributed by atoms with Crippen LogP contribution >= 0.6 is 11.3 Å². The normalized spacial score (nSPS) is 11.3. The third kappa shape index (κ3) is 4.00. The molecule has 7 heteroatoms. The number of nitrogens with one attached hydrogen (secondary N) is 2. The average Bonchev–Trinajstić information content (AvgIpc) is 2.94. The summed E-state index contributed by atoms with van der Waals surface area (Å²) in [5, 5.41) is 15.2. The average molecular weight is 322 g/mol. The highest BCUT2D eigenvalue weighted by Gasteiger charge is 2.26. The molecule has 0 unspecified atom stereocenters. The van der Waals surface area contributed by atoms with Gasteiger partial charge in [0.1, 0.15) is 10.8 Å². The van der Waals surface area contributed by atoms with Gasteiger partial charge in [-0.25, -0.2) is 4.39 Å². The fourth-order valence-electron chi connectivity index (χ4n) is 1.92. The van der Waals surface area contributed by atoms with Crippen LogP contribution < -0.4 is 10.6 Å². The van der Waals surface area contributed by atoms with Crippen LogP contribution in [0.1, 0.15) is 24.4 Å². The largest absolute Gasteiger partial charge is 0.359 e. The maximum Gasteiger partial charge on any atom is 0.227 e. The van der Waals surface area contributed by atoms with E-state index in [1.54, 1.807) is 25.2 Å². The van der Waals surface area contributed by atoms with E-state index in [0.29, 0.717) is 23.7 Å². The molecule has 0 aliphatic carbocycles. The van der Waals surface area contributed by atoms with Gasteiger partial charge < -0.3 is 10.6 Å². The Kier molecular flexibility index (Phi) is 5.07. The van der Waals surface area contributed by atoms with Gasteiger partial charge in [0.2, 0.25) is 11.0 Å². The van der Waals surface area contributed by atoms with E-state index >= 15 is 0 Å². The summed E-state index contributed by atoms with van der Waals surface area (Å²) in [6.45, 7) is 4.14. The first-order valence-electron chi connectivity index (χ1n) is 6.94. The number of hydrogen-bond acceptors (Lipinski definition) is 5. The highest BCUT2D eigenvalue weighted by molar-refractivity contribution is 7.15. The van der Waals surface area contributed by atoms with Crippen molar-refractivity contribution in [3.63, 3.8) is 0 Å². The van der Waals surface area contributed by atoms with E-state index < -0.39 is 5.41 Å². The molecule has 22 heavy (non-hydrogen) atoms. The number of nitrogens with zero attached hydrogens (tertiary/aromatic N) is 2. The zero-order chi connectivity index (χ0) is 16.2. The lowest BCUT2D eigenvalue weighted by molar-refractivity contribution is -0.128. The van der Waals surface area contributed by atoms with Gasteiger partial charge in [-0.1, -0.05) is 29.5 Å². The number of aromatic nitrogens is 2. The van der Waals surface area contributed by atoms with Gasteiger partial charge in [0.15, 0.2) is 0 Å². The predicted octanol–water partition coefficient (Wildman–Crippen LogP) is 2.45.